The third-order valence-electron chi connectivity index (χ3n) is 8.08. The van der Waals surface area contributed by atoms with Gasteiger partial charge in [0.1, 0.15) is 23.1 Å². The van der Waals surface area contributed by atoms with Gasteiger partial charge in [0, 0.05) is 31.1 Å². The Morgan fingerprint density at radius 1 is 1.23 bits per heavy atom. The van der Waals surface area contributed by atoms with Crippen LogP contribution in [0.1, 0.15) is 38.3 Å². The van der Waals surface area contributed by atoms with Gasteiger partial charge < -0.3 is 35.8 Å². The van der Waals surface area contributed by atoms with Crippen LogP contribution in [-0.4, -0.2) is 71.1 Å². The van der Waals surface area contributed by atoms with Crippen molar-refractivity contribution in [3.8, 4) is 5.75 Å². The van der Waals surface area contributed by atoms with Gasteiger partial charge >= 0.3 is 0 Å². The molecule has 0 unspecified atom stereocenters. The van der Waals surface area contributed by atoms with Crippen molar-refractivity contribution in [3.63, 3.8) is 0 Å². The summed E-state index contributed by atoms with van der Waals surface area (Å²) >= 11 is 1.44. The molecule has 0 saturated carbocycles. The van der Waals surface area contributed by atoms with Crippen molar-refractivity contribution >= 4 is 29.2 Å². The minimum absolute atomic E-state index is 0.0350. The number of nitrogens with two attached hydrogens (primary N) is 2. The topological polar surface area (TPSA) is 136 Å². The Morgan fingerprint density at radius 3 is 2.80 bits per heavy atom. The quantitative estimate of drug-likeness (QED) is 0.568. The van der Waals surface area contributed by atoms with Gasteiger partial charge in [-0.25, -0.2) is 15.0 Å². The summed E-state index contributed by atoms with van der Waals surface area (Å²) < 4.78 is 12.0. The van der Waals surface area contributed by atoms with Gasteiger partial charge in [0.25, 0.3) is 0 Å². The molecule has 4 aliphatic heterocycles. The Labute approximate surface area is 209 Å². The molecule has 35 heavy (non-hydrogen) atoms. The number of rotatable bonds is 4. The largest absolute Gasteiger partial charge is 0.486 e. The molecule has 0 bridgehead atoms. The summed E-state index contributed by atoms with van der Waals surface area (Å²) in [4.78, 5) is 19.4. The predicted molar refractivity (Wildman–Crippen MR) is 134 cm³/mol. The number of aromatic nitrogens is 3. The van der Waals surface area contributed by atoms with Crippen molar-refractivity contribution in [3.05, 3.63) is 18.0 Å². The predicted octanol–water partition coefficient (Wildman–Crippen LogP) is 1.79. The second-order valence-corrected chi connectivity index (χ2v) is 11.2. The van der Waals surface area contributed by atoms with Gasteiger partial charge in [-0.1, -0.05) is 11.8 Å². The summed E-state index contributed by atoms with van der Waals surface area (Å²) in [5.41, 5.74) is 13.2. The van der Waals surface area contributed by atoms with Crippen LogP contribution >= 0.6 is 11.8 Å². The van der Waals surface area contributed by atoms with Gasteiger partial charge in [0.15, 0.2) is 17.4 Å². The zero-order valence-electron chi connectivity index (χ0n) is 20.0. The van der Waals surface area contributed by atoms with E-state index in [1.807, 2.05) is 6.07 Å². The molecule has 0 aliphatic carbocycles. The van der Waals surface area contributed by atoms with Gasteiger partial charge in [-0.3, -0.25) is 0 Å². The van der Waals surface area contributed by atoms with Crippen LogP contribution in [0.3, 0.4) is 0 Å². The van der Waals surface area contributed by atoms with E-state index in [1.165, 1.54) is 11.8 Å². The van der Waals surface area contributed by atoms with Crippen molar-refractivity contribution < 1.29 is 14.6 Å². The Hall–Kier alpha value is -2.34. The zero-order valence-corrected chi connectivity index (χ0v) is 20.8. The van der Waals surface area contributed by atoms with Crippen LogP contribution in [0, 0.1) is 5.41 Å². The first-order valence-corrected chi connectivity index (χ1v) is 13.3. The average molecular weight is 500 g/mol. The maximum atomic E-state index is 10.1. The maximum absolute atomic E-state index is 10.1. The van der Waals surface area contributed by atoms with Crippen LogP contribution in [-0.2, 0) is 11.3 Å². The lowest BCUT2D eigenvalue weighted by Gasteiger charge is -2.41. The molecule has 2 aromatic rings. The molecule has 0 aromatic carbocycles. The number of piperidine rings is 1. The summed E-state index contributed by atoms with van der Waals surface area (Å²) in [6.07, 6.45) is 5.99. The molecule has 10 nitrogen and oxygen atoms in total. The smallest absolute Gasteiger partial charge is 0.176 e. The average Bonchev–Trinajstić information content (AvgIpc) is 3.46. The Kier molecular flexibility index (Phi) is 5.90. The van der Waals surface area contributed by atoms with E-state index in [0.29, 0.717) is 29.2 Å². The fourth-order valence-corrected chi connectivity index (χ4v) is 6.87. The molecule has 3 atom stereocenters. The molecule has 188 valence electrons. The van der Waals surface area contributed by atoms with Crippen LogP contribution in [0.4, 0.5) is 17.5 Å². The summed E-state index contributed by atoms with van der Waals surface area (Å²) in [7, 11) is 0. The number of pyridine rings is 1. The van der Waals surface area contributed by atoms with Crippen molar-refractivity contribution in [2.24, 2.45) is 11.1 Å². The van der Waals surface area contributed by atoms with Crippen molar-refractivity contribution in [2.75, 3.05) is 48.4 Å². The number of fused-ring (bicyclic) bond motifs is 3. The Morgan fingerprint density at radius 2 is 2.06 bits per heavy atom. The Bertz CT molecular complexity index is 1110. The molecule has 4 aliphatic rings. The van der Waals surface area contributed by atoms with E-state index in [-0.39, 0.29) is 24.2 Å². The zero-order chi connectivity index (χ0) is 24.2. The summed E-state index contributed by atoms with van der Waals surface area (Å²) in [6.45, 7) is 5.85. The molecule has 11 heteroatoms. The third-order valence-corrected chi connectivity index (χ3v) is 9.01. The van der Waals surface area contributed by atoms with Gasteiger partial charge in [0.05, 0.1) is 36.5 Å². The highest BCUT2D eigenvalue weighted by Gasteiger charge is 2.47. The lowest BCUT2D eigenvalue weighted by Crippen LogP contribution is -2.51. The number of hydrogen-bond donors (Lipinski definition) is 3. The van der Waals surface area contributed by atoms with Crippen LogP contribution < -0.4 is 26.0 Å². The van der Waals surface area contributed by atoms with Crippen LogP contribution in [0.15, 0.2) is 22.2 Å². The minimum atomic E-state index is -0.180. The first kappa shape index (κ1) is 23.1. The number of nitrogen functional groups attached to an aromatic ring is 1. The van der Waals surface area contributed by atoms with Gasteiger partial charge in [-0.15, -0.1) is 0 Å². The van der Waals surface area contributed by atoms with Crippen LogP contribution in [0.2, 0.25) is 0 Å². The highest BCUT2D eigenvalue weighted by molar-refractivity contribution is 7.99. The van der Waals surface area contributed by atoms with Gasteiger partial charge in [0.2, 0.25) is 0 Å². The molecule has 3 fully saturated rings. The normalized spacial score (nSPS) is 27.1. The fourth-order valence-electron chi connectivity index (χ4n) is 5.96. The molecule has 1 spiro atoms. The van der Waals surface area contributed by atoms with E-state index in [4.69, 9.17) is 30.9 Å². The van der Waals surface area contributed by atoms with E-state index in [9.17, 15) is 5.11 Å². The van der Waals surface area contributed by atoms with E-state index in [2.05, 4.69) is 21.7 Å². The van der Waals surface area contributed by atoms with E-state index in [0.717, 1.165) is 74.2 Å². The first-order chi connectivity index (χ1) is 17.0. The number of ether oxygens (including phenoxy) is 2. The molecule has 5 N–H and O–H groups in total. The Balaban J connectivity index is 1.22. The van der Waals surface area contributed by atoms with E-state index >= 15 is 0 Å². The number of hydrogen-bond acceptors (Lipinski definition) is 11. The number of aliphatic hydroxyl groups is 1. The second kappa shape index (κ2) is 8.95. The van der Waals surface area contributed by atoms with E-state index in [1.54, 1.807) is 6.20 Å². The molecule has 6 rings (SSSR count). The molecule has 0 radical (unpaired) electrons. The number of aliphatic hydroxyl groups excluding tert-OH is 1. The lowest BCUT2D eigenvalue weighted by atomic mass is 9.73. The monoisotopic (exact) mass is 499 g/mol. The summed E-state index contributed by atoms with van der Waals surface area (Å²) in [6, 6.07) is 2.25. The van der Waals surface area contributed by atoms with Crippen LogP contribution in [0.5, 0.6) is 5.75 Å². The molecule has 6 heterocycles. The summed E-state index contributed by atoms with van der Waals surface area (Å²) in [5.74, 6) is 2.77. The molecular weight excluding hydrogens is 466 g/mol. The summed E-state index contributed by atoms with van der Waals surface area (Å²) in [5, 5.41) is 10.8. The highest BCUT2D eigenvalue weighted by atomic mass is 32.2. The number of anilines is 3. The van der Waals surface area contributed by atoms with E-state index < -0.39 is 0 Å². The third kappa shape index (κ3) is 3.98. The van der Waals surface area contributed by atoms with Gasteiger partial charge in [-0.2, -0.15) is 0 Å². The number of nitrogens with zero attached hydrogens (tertiary/aromatic N) is 5. The molecule has 2 aromatic heterocycles. The van der Waals surface area contributed by atoms with Crippen LogP contribution in [0.25, 0.3) is 0 Å². The fraction of sp³-hybridized carbons (Fsp3) is 0.625. The molecule has 0 amide bonds. The highest BCUT2D eigenvalue weighted by Crippen LogP contribution is 2.46. The lowest BCUT2D eigenvalue weighted by molar-refractivity contribution is 0.0973. The molecule has 3 saturated heterocycles. The second-order valence-electron chi connectivity index (χ2n) is 10.1. The maximum Gasteiger partial charge on any atom is 0.176 e. The van der Waals surface area contributed by atoms with Crippen molar-refractivity contribution in [2.45, 2.75) is 67.3 Å². The standard InChI is InChI=1S/C24H33N7O3S/c1-14-21(26)24(13-34-14)4-7-30(8-5-24)22-16(11-32)28-19(10-27-22)35-17-9-18(25)29-23-20(17)33-12-15-3-2-6-31(15)23/h9-10,14-15,21,32H,2-8,11-13,26H2,1H3,(H2,25,29)/t14-,15-,21+/m0/s1. The SMILES string of the molecule is C[C@@H]1OCC2(CCN(c3ncc(Sc4cc(N)nc5c4OC[C@@H]4CCCN54)nc3CO)CC2)[C@@H]1N. The first-order valence-electron chi connectivity index (χ1n) is 12.4. The van der Waals surface area contributed by atoms with Gasteiger partial charge in [-0.05, 0) is 38.7 Å². The van der Waals surface area contributed by atoms with Crippen molar-refractivity contribution in [1.82, 2.24) is 15.0 Å². The minimum Gasteiger partial charge on any atom is -0.486 e. The molecular formula is C24H33N7O3S. The van der Waals surface area contributed by atoms with Crippen molar-refractivity contribution in [1.29, 1.82) is 0 Å².